The topological polar surface area (TPSA) is 40.5 Å². The maximum absolute atomic E-state index is 10.7. The average Bonchev–Trinajstić information content (AvgIpc) is 1.85. The van der Waals surface area contributed by atoms with E-state index in [4.69, 9.17) is 5.11 Å². The zero-order chi connectivity index (χ0) is 8.15. The van der Waals surface area contributed by atoms with Gasteiger partial charge in [-0.05, 0) is 6.08 Å². The van der Waals surface area contributed by atoms with Crippen molar-refractivity contribution in [3.63, 3.8) is 0 Å². The average molecular weight is 161 g/mol. The van der Waals surface area contributed by atoms with Gasteiger partial charge in [0.15, 0.2) is 0 Å². The lowest BCUT2D eigenvalue weighted by molar-refractivity contribution is -0.125. The van der Waals surface area contributed by atoms with E-state index >= 15 is 0 Å². The number of likely N-dealkylation sites (N-methyl/N-ethyl adjacent to an activating group) is 1. The highest BCUT2D eigenvalue weighted by Crippen LogP contribution is 1.93. The minimum atomic E-state index is -0.783. The minimum absolute atomic E-state index is 0.215. The standard InChI is InChI=1S/C6H11NO2S/c1-3-5(8)7(2)4-6(9)10/h3,6,9-10H,1,4H2,2H3. The molecule has 3 nitrogen and oxygen atoms in total. The second-order valence-corrected chi connectivity index (χ2v) is 2.50. The second kappa shape index (κ2) is 4.35. The molecule has 0 rings (SSSR count). The van der Waals surface area contributed by atoms with Crippen LogP contribution in [0.4, 0.5) is 0 Å². The summed E-state index contributed by atoms with van der Waals surface area (Å²) in [7, 11) is 1.57. The molecule has 0 aliphatic carbocycles. The van der Waals surface area contributed by atoms with Gasteiger partial charge in [-0.3, -0.25) is 4.79 Å². The summed E-state index contributed by atoms with van der Waals surface area (Å²) in [5.74, 6) is -0.215. The number of aliphatic hydroxyl groups excluding tert-OH is 1. The van der Waals surface area contributed by atoms with Gasteiger partial charge in [-0.1, -0.05) is 6.58 Å². The molecule has 1 amide bonds. The Morgan fingerprint density at radius 3 is 2.80 bits per heavy atom. The third kappa shape index (κ3) is 3.53. The van der Waals surface area contributed by atoms with Gasteiger partial charge >= 0.3 is 0 Å². The molecular formula is C6H11NO2S. The molecular weight excluding hydrogens is 150 g/mol. The van der Waals surface area contributed by atoms with Crippen molar-refractivity contribution in [2.45, 2.75) is 5.44 Å². The Morgan fingerprint density at radius 1 is 2.00 bits per heavy atom. The Bertz CT molecular complexity index is 136. The highest BCUT2D eigenvalue weighted by atomic mass is 32.1. The van der Waals surface area contributed by atoms with Crippen molar-refractivity contribution >= 4 is 18.5 Å². The predicted octanol–water partition coefficient (Wildman–Crippen LogP) is -0.121. The maximum atomic E-state index is 10.7. The zero-order valence-corrected chi connectivity index (χ0v) is 6.71. The first kappa shape index (κ1) is 9.52. The first-order valence-corrected chi connectivity index (χ1v) is 3.33. The molecule has 0 radical (unpaired) electrons. The molecule has 1 N–H and O–H groups in total. The van der Waals surface area contributed by atoms with Gasteiger partial charge in [0, 0.05) is 7.05 Å². The summed E-state index contributed by atoms with van der Waals surface area (Å²) in [6, 6.07) is 0. The van der Waals surface area contributed by atoms with Crippen molar-refractivity contribution in [3.05, 3.63) is 12.7 Å². The van der Waals surface area contributed by atoms with Gasteiger partial charge in [0.2, 0.25) is 5.91 Å². The number of carbonyl (C=O) groups excluding carboxylic acids is 1. The highest BCUT2D eigenvalue weighted by molar-refractivity contribution is 7.80. The summed E-state index contributed by atoms with van der Waals surface area (Å²) in [4.78, 5) is 12.0. The number of hydrogen-bond donors (Lipinski definition) is 2. The minimum Gasteiger partial charge on any atom is -0.381 e. The van der Waals surface area contributed by atoms with E-state index in [0.29, 0.717) is 0 Å². The van der Waals surface area contributed by atoms with Crippen molar-refractivity contribution in [1.82, 2.24) is 4.90 Å². The summed E-state index contributed by atoms with van der Waals surface area (Å²) >= 11 is 3.70. The molecule has 1 unspecified atom stereocenters. The fourth-order valence-corrected chi connectivity index (χ4v) is 0.736. The third-order valence-electron chi connectivity index (χ3n) is 0.988. The number of carbonyl (C=O) groups is 1. The molecule has 0 saturated carbocycles. The maximum Gasteiger partial charge on any atom is 0.245 e. The molecule has 0 aliphatic rings. The Hall–Kier alpha value is -0.480. The number of aliphatic hydroxyl groups is 1. The van der Waals surface area contributed by atoms with Crippen LogP contribution in [0.3, 0.4) is 0 Å². The Morgan fingerprint density at radius 2 is 2.50 bits per heavy atom. The van der Waals surface area contributed by atoms with E-state index in [0.717, 1.165) is 0 Å². The molecule has 0 aromatic carbocycles. The molecule has 0 fully saturated rings. The van der Waals surface area contributed by atoms with E-state index in [1.807, 2.05) is 0 Å². The van der Waals surface area contributed by atoms with Crippen LogP contribution < -0.4 is 0 Å². The van der Waals surface area contributed by atoms with E-state index in [2.05, 4.69) is 19.2 Å². The van der Waals surface area contributed by atoms with E-state index < -0.39 is 5.44 Å². The molecule has 0 aromatic heterocycles. The summed E-state index contributed by atoms with van der Waals surface area (Å²) in [5.41, 5.74) is -0.783. The summed E-state index contributed by atoms with van der Waals surface area (Å²) < 4.78 is 0. The van der Waals surface area contributed by atoms with E-state index in [1.165, 1.54) is 11.0 Å². The van der Waals surface area contributed by atoms with Gasteiger partial charge in [0.1, 0.15) is 5.44 Å². The van der Waals surface area contributed by atoms with Crippen LogP contribution >= 0.6 is 12.6 Å². The lowest BCUT2D eigenvalue weighted by atomic mass is 10.5. The summed E-state index contributed by atoms with van der Waals surface area (Å²) in [6.45, 7) is 3.51. The smallest absolute Gasteiger partial charge is 0.245 e. The fourth-order valence-electron chi connectivity index (χ4n) is 0.491. The summed E-state index contributed by atoms with van der Waals surface area (Å²) in [6.07, 6.45) is 1.19. The van der Waals surface area contributed by atoms with Gasteiger partial charge < -0.3 is 10.0 Å². The lowest BCUT2D eigenvalue weighted by Gasteiger charge is -2.15. The quantitative estimate of drug-likeness (QED) is 0.344. The van der Waals surface area contributed by atoms with Gasteiger partial charge in [-0.2, -0.15) is 0 Å². The van der Waals surface area contributed by atoms with Crippen LogP contribution in [0.15, 0.2) is 12.7 Å². The van der Waals surface area contributed by atoms with E-state index in [9.17, 15) is 4.79 Å². The van der Waals surface area contributed by atoms with Crippen LogP contribution in [0.2, 0.25) is 0 Å². The van der Waals surface area contributed by atoms with Crippen molar-refractivity contribution in [2.75, 3.05) is 13.6 Å². The van der Waals surface area contributed by atoms with Gasteiger partial charge in [0.25, 0.3) is 0 Å². The molecule has 1 atom stereocenters. The van der Waals surface area contributed by atoms with Crippen LogP contribution in [-0.4, -0.2) is 34.9 Å². The molecule has 0 aliphatic heterocycles. The molecule has 0 bridgehead atoms. The van der Waals surface area contributed by atoms with Gasteiger partial charge in [-0.25, -0.2) is 0 Å². The third-order valence-corrected chi connectivity index (χ3v) is 1.15. The first-order valence-electron chi connectivity index (χ1n) is 2.81. The van der Waals surface area contributed by atoms with Crippen molar-refractivity contribution in [3.8, 4) is 0 Å². The zero-order valence-electron chi connectivity index (χ0n) is 5.82. The lowest BCUT2D eigenvalue weighted by Crippen LogP contribution is -2.30. The highest BCUT2D eigenvalue weighted by Gasteiger charge is 2.06. The van der Waals surface area contributed by atoms with Gasteiger partial charge in [-0.15, -0.1) is 12.6 Å². The SMILES string of the molecule is C=CC(=O)N(C)CC(O)S. The monoisotopic (exact) mass is 161 g/mol. The van der Waals surface area contributed by atoms with Crippen LogP contribution in [0, 0.1) is 0 Å². The fraction of sp³-hybridized carbons (Fsp3) is 0.500. The number of rotatable bonds is 3. The first-order chi connectivity index (χ1) is 4.57. The molecule has 0 heterocycles. The van der Waals surface area contributed by atoms with Crippen LogP contribution in [0.25, 0.3) is 0 Å². The van der Waals surface area contributed by atoms with E-state index in [-0.39, 0.29) is 12.5 Å². The molecule has 0 aromatic rings. The number of nitrogens with zero attached hydrogens (tertiary/aromatic N) is 1. The molecule has 10 heavy (non-hydrogen) atoms. The largest absolute Gasteiger partial charge is 0.381 e. The van der Waals surface area contributed by atoms with Crippen LogP contribution in [0.1, 0.15) is 0 Å². The van der Waals surface area contributed by atoms with Crippen LogP contribution in [-0.2, 0) is 4.79 Å². The molecule has 0 spiro atoms. The molecule has 0 saturated heterocycles. The van der Waals surface area contributed by atoms with Crippen molar-refractivity contribution in [2.24, 2.45) is 0 Å². The Labute approximate surface area is 65.7 Å². The molecule has 58 valence electrons. The van der Waals surface area contributed by atoms with Crippen molar-refractivity contribution < 1.29 is 9.90 Å². The number of amides is 1. The normalized spacial score (nSPS) is 12.3. The molecule has 4 heteroatoms. The van der Waals surface area contributed by atoms with E-state index in [1.54, 1.807) is 7.05 Å². The number of hydrogen-bond acceptors (Lipinski definition) is 3. The number of thiol groups is 1. The predicted molar refractivity (Wildman–Crippen MR) is 42.8 cm³/mol. The second-order valence-electron chi connectivity index (χ2n) is 1.90. The van der Waals surface area contributed by atoms with Gasteiger partial charge in [0.05, 0.1) is 6.54 Å². The van der Waals surface area contributed by atoms with Crippen LogP contribution in [0.5, 0.6) is 0 Å². The Kier molecular flexibility index (Phi) is 4.14. The summed E-state index contributed by atoms with van der Waals surface area (Å²) in [5, 5.41) is 8.70. The van der Waals surface area contributed by atoms with Crippen molar-refractivity contribution in [1.29, 1.82) is 0 Å². The Balaban J connectivity index is 3.72.